The van der Waals surface area contributed by atoms with E-state index in [0.717, 1.165) is 30.6 Å². The number of H-pyrrole nitrogens is 1. The molecule has 1 aromatic rings. The lowest BCUT2D eigenvalue weighted by Gasteiger charge is -2.28. The highest BCUT2D eigenvalue weighted by Crippen LogP contribution is 2.10. The van der Waals surface area contributed by atoms with E-state index in [1.807, 2.05) is 13.0 Å². The zero-order valence-electron chi connectivity index (χ0n) is 9.84. The van der Waals surface area contributed by atoms with Gasteiger partial charge in [0.05, 0.1) is 5.56 Å². The van der Waals surface area contributed by atoms with Crippen molar-refractivity contribution in [2.45, 2.75) is 38.8 Å². The van der Waals surface area contributed by atoms with Gasteiger partial charge in [-0.2, -0.15) is 0 Å². The highest BCUT2D eigenvalue weighted by Gasteiger charge is 2.21. The maximum absolute atomic E-state index is 11.9. The second kappa shape index (κ2) is 4.70. The first-order valence-corrected chi connectivity index (χ1v) is 5.85. The van der Waals surface area contributed by atoms with Crippen molar-refractivity contribution in [3.05, 3.63) is 23.5 Å². The van der Waals surface area contributed by atoms with E-state index >= 15 is 0 Å². The smallest absolute Gasteiger partial charge is 0.253 e. The Labute approximate surface area is 95.8 Å². The lowest BCUT2D eigenvalue weighted by Crippen LogP contribution is -2.46. The van der Waals surface area contributed by atoms with E-state index in [2.05, 4.69) is 22.5 Å². The molecule has 1 amide bonds. The molecule has 0 saturated carbocycles. The van der Waals surface area contributed by atoms with Gasteiger partial charge in [0.2, 0.25) is 0 Å². The monoisotopic (exact) mass is 221 g/mol. The van der Waals surface area contributed by atoms with Gasteiger partial charge >= 0.3 is 0 Å². The SMILES string of the molecule is Cc1[nH]ccc1C(=O)NC1CCNC(C)C1. The molecule has 4 nitrogen and oxygen atoms in total. The number of carbonyl (C=O) groups is 1. The summed E-state index contributed by atoms with van der Waals surface area (Å²) in [5.41, 5.74) is 1.69. The molecule has 16 heavy (non-hydrogen) atoms. The lowest BCUT2D eigenvalue weighted by molar-refractivity contribution is 0.0925. The first-order valence-electron chi connectivity index (χ1n) is 5.85. The van der Waals surface area contributed by atoms with E-state index in [9.17, 15) is 4.79 Å². The fraction of sp³-hybridized carbons (Fsp3) is 0.583. The highest BCUT2D eigenvalue weighted by molar-refractivity contribution is 5.95. The predicted octanol–water partition coefficient (Wildman–Crippen LogP) is 1.19. The number of amides is 1. The molecule has 0 radical (unpaired) electrons. The number of aromatic nitrogens is 1. The summed E-state index contributed by atoms with van der Waals surface area (Å²) < 4.78 is 0. The maximum atomic E-state index is 11.9. The molecule has 1 aliphatic heterocycles. The predicted molar refractivity (Wildman–Crippen MR) is 63.5 cm³/mol. The zero-order valence-corrected chi connectivity index (χ0v) is 9.84. The molecule has 1 saturated heterocycles. The van der Waals surface area contributed by atoms with Gasteiger partial charge in [-0.05, 0) is 39.3 Å². The van der Waals surface area contributed by atoms with Gasteiger partial charge in [0.25, 0.3) is 5.91 Å². The standard InChI is InChI=1S/C12H19N3O/c1-8-7-10(3-5-13-8)15-12(16)11-4-6-14-9(11)2/h4,6,8,10,13-14H,3,5,7H2,1-2H3,(H,15,16). The molecule has 4 heteroatoms. The molecular weight excluding hydrogens is 202 g/mol. The van der Waals surface area contributed by atoms with Crippen LogP contribution in [-0.2, 0) is 0 Å². The molecule has 2 heterocycles. The second-order valence-corrected chi connectivity index (χ2v) is 4.57. The molecule has 0 aliphatic carbocycles. The summed E-state index contributed by atoms with van der Waals surface area (Å²) in [6, 6.07) is 2.62. The molecule has 1 aliphatic rings. The number of aryl methyl sites for hydroxylation is 1. The van der Waals surface area contributed by atoms with Crippen molar-refractivity contribution in [1.29, 1.82) is 0 Å². The molecule has 1 fully saturated rings. The fourth-order valence-electron chi connectivity index (χ4n) is 2.22. The van der Waals surface area contributed by atoms with Crippen LogP contribution in [0.15, 0.2) is 12.3 Å². The van der Waals surface area contributed by atoms with E-state index in [0.29, 0.717) is 12.1 Å². The van der Waals surface area contributed by atoms with Crippen LogP contribution in [0.2, 0.25) is 0 Å². The van der Waals surface area contributed by atoms with E-state index in [1.165, 1.54) is 0 Å². The van der Waals surface area contributed by atoms with Crippen molar-refractivity contribution < 1.29 is 4.79 Å². The summed E-state index contributed by atoms with van der Waals surface area (Å²) in [5, 5.41) is 6.47. The Morgan fingerprint density at radius 2 is 2.38 bits per heavy atom. The first kappa shape index (κ1) is 11.2. The van der Waals surface area contributed by atoms with Crippen LogP contribution in [0.5, 0.6) is 0 Å². The van der Waals surface area contributed by atoms with Gasteiger partial charge in [0.1, 0.15) is 0 Å². The van der Waals surface area contributed by atoms with Crippen LogP contribution in [0.3, 0.4) is 0 Å². The third kappa shape index (κ3) is 2.44. The number of carbonyl (C=O) groups excluding carboxylic acids is 1. The molecule has 2 atom stereocenters. The average molecular weight is 221 g/mol. The average Bonchev–Trinajstić information content (AvgIpc) is 2.64. The lowest BCUT2D eigenvalue weighted by atomic mass is 10.0. The summed E-state index contributed by atoms with van der Waals surface area (Å²) in [6.07, 6.45) is 3.82. The fourth-order valence-corrected chi connectivity index (χ4v) is 2.22. The summed E-state index contributed by atoms with van der Waals surface area (Å²) in [4.78, 5) is 15.0. The van der Waals surface area contributed by atoms with Crippen molar-refractivity contribution in [3.8, 4) is 0 Å². The largest absolute Gasteiger partial charge is 0.365 e. The highest BCUT2D eigenvalue weighted by atomic mass is 16.1. The van der Waals surface area contributed by atoms with Crippen molar-refractivity contribution in [1.82, 2.24) is 15.6 Å². The molecule has 2 rings (SSSR count). The maximum Gasteiger partial charge on any atom is 0.253 e. The van der Waals surface area contributed by atoms with Gasteiger partial charge in [-0.15, -0.1) is 0 Å². The van der Waals surface area contributed by atoms with Gasteiger partial charge < -0.3 is 15.6 Å². The van der Waals surface area contributed by atoms with E-state index in [-0.39, 0.29) is 5.91 Å². The van der Waals surface area contributed by atoms with Gasteiger partial charge in [-0.1, -0.05) is 0 Å². The van der Waals surface area contributed by atoms with Gasteiger partial charge in [-0.3, -0.25) is 4.79 Å². The third-order valence-electron chi connectivity index (χ3n) is 3.16. The summed E-state index contributed by atoms with van der Waals surface area (Å²) in [7, 11) is 0. The van der Waals surface area contributed by atoms with Crippen LogP contribution in [0.1, 0.15) is 35.8 Å². The Kier molecular flexibility index (Phi) is 3.29. The van der Waals surface area contributed by atoms with Crippen LogP contribution < -0.4 is 10.6 Å². The minimum absolute atomic E-state index is 0.0397. The van der Waals surface area contributed by atoms with Gasteiger partial charge in [-0.25, -0.2) is 0 Å². The van der Waals surface area contributed by atoms with Crippen LogP contribution in [0, 0.1) is 6.92 Å². The number of rotatable bonds is 2. The molecule has 88 valence electrons. The summed E-state index contributed by atoms with van der Waals surface area (Å²) in [6.45, 7) is 5.05. The third-order valence-corrected chi connectivity index (χ3v) is 3.16. The zero-order chi connectivity index (χ0) is 11.5. The van der Waals surface area contributed by atoms with Crippen LogP contribution >= 0.6 is 0 Å². The van der Waals surface area contributed by atoms with Crippen molar-refractivity contribution in [2.75, 3.05) is 6.54 Å². The van der Waals surface area contributed by atoms with Crippen molar-refractivity contribution in [2.24, 2.45) is 0 Å². The Balaban J connectivity index is 1.95. The molecule has 3 N–H and O–H groups in total. The van der Waals surface area contributed by atoms with Crippen molar-refractivity contribution >= 4 is 5.91 Å². The minimum atomic E-state index is 0.0397. The quantitative estimate of drug-likeness (QED) is 0.702. The molecule has 0 bridgehead atoms. The molecule has 0 aromatic carbocycles. The number of hydrogen-bond acceptors (Lipinski definition) is 2. The Morgan fingerprint density at radius 1 is 1.56 bits per heavy atom. The molecule has 1 aromatic heterocycles. The number of piperidine rings is 1. The van der Waals surface area contributed by atoms with Crippen LogP contribution in [-0.4, -0.2) is 29.5 Å². The number of nitrogens with one attached hydrogen (secondary N) is 3. The Bertz CT molecular complexity index is 372. The summed E-state index contributed by atoms with van der Waals surface area (Å²) in [5.74, 6) is 0.0397. The van der Waals surface area contributed by atoms with E-state index in [1.54, 1.807) is 6.20 Å². The topological polar surface area (TPSA) is 56.9 Å². The van der Waals surface area contributed by atoms with Gasteiger partial charge in [0.15, 0.2) is 0 Å². The van der Waals surface area contributed by atoms with Crippen LogP contribution in [0.25, 0.3) is 0 Å². The normalized spacial score (nSPS) is 25.4. The molecule has 0 spiro atoms. The molecular formula is C12H19N3O. The first-order chi connectivity index (χ1) is 7.66. The van der Waals surface area contributed by atoms with Crippen molar-refractivity contribution in [3.63, 3.8) is 0 Å². The van der Waals surface area contributed by atoms with E-state index < -0.39 is 0 Å². The summed E-state index contributed by atoms with van der Waals surface area (Å²) >= 11 is 0. The minimum Gasteiger partial charge on any atom is -0.365 e. The Hall–Kier alpha value is -1.29. The number of hydrogen-bond donors (Lipinski definition) is 3. The molecule has 2 unspecified atom stereocenters. The second-order valence-electron chi connectivity index (χ2n) is 4.57. The van der Waals surface area contributed by atoms with Crippen LogP contribution in [0.4, 0.5) is 0 Å². The number of aromatic amines is 1. The van der Waals surface area contributed by atoms with Gasteiger partial charge in [0, 0.05) is 24.0 Å². The Morgan fingerprint density at radius 3 is 3.00 bits per heavy atom. The van der Waals surface area contributed by atoms with E-state index in [4.69, 9.17) is 0 Å².